The molecule has 2 aliphatic heterocycles. The number of benzene rings is 4. The van der Waals surface area contributed by atoms with Gasteiger partial charge in [0.1, 0.15) is 11.5 Å². The second-order valence-electron chi connectivity index (χ2n) is 9.64. The van der Waals surface area contributed by atoms with E-state index in [0.717, 1.165) is 46.8 Å². The van der Waals surface area contributed by atoms with Crippen LogP contribution in [0.3, 0.4) is 0 Å². The minimum Gasteiger partial charge on any atom is -0.456 e. The van der Waals surface area contributed by atoms with Gasteiger partial charge in [0.25, 0.3) is 0 Å². The first-order valence-electron chi connectivity index (χ1n) is 12.8. The van der Waals surface area contributed by atoms with Crippen LogP contribution in [0.5, 0.6) is 11.5 Å². The summed E-state index contributed by atoms with van der Waals surface area (Å²) >= 11 is 0. The second-order valence-corrected chi connectivity index (χ2v) is 9.64. The zero-order chi connectivity index (χ0) is 25.7. The van der Waals surface area contributed by atoms with Gasteiger partial charge in [0.15, 0.2) is 5.60 Å². The number of para-hydroxylation sites is 1. The van der Waals surface area contributed by atoms with Crippen LogP contribution in [0, 0.1) is 13.8 Å². The lowest BCUT2D eigenvalue weighted by molar-refractivity contribution is 0.0227. The van der Waals surface area contributed by atoms with Crippen LogP contribution < -0.4 is 15.0 Å². The van der Waals surface area contributed by atoms with Crippen molar-refractivity contribution in [2.24, 2.45) is 0 Å². The number of anilines is 3. The third kappa shape index (κ3) is 3.41. The Morgan fingerprint density at radius 3 is 2.24 bits per heavy atom. The lowest BCUT2D eigenvalue weighted by atomic mass is 9.77. The van der Waals surface area contributed by atoms with Gasteiger partial charge in [-0.15, -0.1) is 0 Å². The molecule has 0 saturated carbocycles. The van der Waals surface area contributed by atoms with Crippen molar-refractivity contribution in [3.8, 4) is 11.5 Å². The van der Waals surface area contributed by atoms with Gasteiger partial charge in [0.05, 0.1) is 28.2 Å². The molecule has 2 heterocycles. The summed E-state index contributed by atoms with van der Waals surface area (Å²) in [6.07, 6.45) is 0. The molecule has 0 saturated heterocycles. The van der Waals surface area contributed by atoms with Crippen molar-refractivity contribution in [1.82, 2.24) is 0 Å². The van der Waals surface area contributed by atoms with E-state index in [4.69, 9.17) is 9.47 Å². The summed E-state index contributed by atoms with van der Waals surface area (Å²) < 4.78 is 12.8. The lowest BCUT2D eigenvalue weighted by Crippen LogP contribution is -2.33. The Kier molecular flexibility index (Phi) is 5.45. The number of esters is 1. The highest BCUT2D eigenvalue weighted by Crippen LogP contribution is 2.58. The van der Waals surface area contributed by atoms with Crippen molar-refractivity contribution in [2.75, 3.05) is 23.3 Å². The highest BCUT2D eigenvalue weighted by atomic mass is 16.6. The number of aryl methyl sites for hydroxylation is 2. The van der Waals surface area contributed by atoms with Gasteiger partial charge in [-0.1, -0.05) is 42.5 Å². The molecule has 5 nitrogen and oxygen atoms in total. The summed E-state index contributed by atoms with van der Waals surface area (Å²) in [4.78, 5) is 15.6. The maximum atomic E-state index is 13.2. The summed E-state index contributed by atoms with van der Waals surface area (Å²) in [5.41, 5.74) is 7.35. The number of rotatable bonds is 5. The van der Waals surface area contributed by atoms with Gasteiger partial charge in [-0.2, -0.15) is 0 Å². The second kappa shape index (κ2) is 8.70. The topological polar surface area (TPSA) is 50.8 Å². The van der Waals surface area contributed by atoms with E-state index in [2.05, 4.69) is 50.0 Å². The smallest absolute Gasteiger partial charge is 0.340 e. The number of ether oxygens (including phenoxy) is 2. The predicted molar refractivity (Wildman–Crippen MR) is 147 cm³/mol. The van der Waals surface area contributed by atoms with Gasteiger partial charge in [0.2, 0.25) is 0 Å². The van der Waals surface area contributed by atoms with Gasteiger partial charge in [-0.05, 0) is 75.2 Å². The fraction of sp³-hybridized carbons (Fsp3) is 0.219. The van der Waals surface area contributed by atoms with Crippen LogP contribution >= 0.6 is 0 Å². The first-order valence-corrected chi connectivity index (χ1v) is 12.8. The minimum atomic E-state index is -1.11. The molecule has 1 unspecified atom stereocenters. The first-order chi connectivity index (χ1) is 18.0. The Morgan fingerprint density at radius 1 is 0.784 bits per heavy atom. The highest BCUT2D eigenvalue weighted by molar-refractivity contribution is 5.98. The van der Waals surface area contributed by atoms with Crippen molar-refractivity contribution in [2.45, 2.75) is 33.3 Å². The average Bonchev–Trinajstić information content (AvgIpc) is 3.20. The molecule has 5 heteroatoms. The van der Waals surface area contributed by atoms with E-state index in [1.54, 1.807) is 0 Å². The Morgan fingerprint density at radius 2 is 1.46 bits per heavy atom. The molecule has 6 rings (SSSR count). The van der Waals surface area contributed by atoms with E-state index < -0.39 is 5.60 Å². The molecule has 37 heavy (non-hydrogen) atoms. The third-order valence-corrected chi connectivity index (χ3v) is 7.62. The van der Waals surface area contributed by atoms with Gasteiger partial charge in [0, 0.05) is 24.2 Å². The molecule has 1 spiro atoms. The van der Waals surface area contributed by atoms with E-state index in [0.29, 0.717) is 17.1 Å². The molecular formula is C32H30N2O3. The monoisotopic (exact) mass is 490 g/mol. The Bertz CT molecular complexity index is 1540. The summed E-state index contributed by atoms with van der Waals surface area (Å²) in [6.45, 7) is 10.4. The number of fused-ring (bicyclic) bond motifs is 6. The number of hydrogen-bond donors (Lipinski definition) is 1. The zero-order valence-corrected chi connectivity index (χ0v) is 21.6. The summed E-state index contributed by atoms with van der Waals surface area (Å²) in [6, 6.07) is 25.9. The number of carbonyl (C=O) groups is 1. The molecule has 0 aromatic heterocycles. The van der Waals surface area contributed by atoms with Crippen LogP contribution in [0.4, 0.5) is 17.1 Å². The van der Waals surface area contributed by atoms with Crippen LogP contribution in [0.1, 0.15) is 52.0 Å². The van der Waals surface area contributed by atoms with E-state index in [1.807, 2.05) is 66.7 Å². The number of carbonyl (C=O) groups excluding carboxylic acids is 1. The van der Waals surface area contributed by atoms with Gasteiger partial charge in [-0.3, -0.25) is 0 Å². The van der Waals surface area contributed by atoms with Crippen molar-refractivity contribution in [1.29, 1.82) is 0 Å². The van der Waals surface area contributed by atoms with Crippen LogP contribution in [0.15, 0.2) is 78.9 Å². The van der Waals surface area contributed by atoms with Crippen LogP contribution in [0.2, 0.25) is 0 Å². The minimum absolute atomic E-state index is 0.330. The Balaban J connectivity index is 1.60. The quantitative estimate of drug-likeness (QED) is 0.294. The number of nitrogens with zero attached hydrogens (tertiary/aromatic N) is 1. The van der Waals surface area contributed by atoms with Gasteiger partial charge >= 0.3 is 5.97 Å². The van der Waals surface area contributed by atoms with Crippen LogP contribution in [-0.4, -0.2) is 19.1 Å². The largest absolute Gasteiger partial charge is 0.456 e. The van der Waals surface area contributed by atoms with Crippen LogP contribution in [-0.2, 0) is 10.3 Å². The Labute approximate surface area is 217 Å². The average molecular weight is 491 g/mol. The van der Waals surface area contributed by atoms with E-state index in [1.165, 1.54) is 11.1 Å². The molecular weight excluding hydrogens is 460 g/mol. The SMILES string of the molecule is CCN(CC)c1cc(C)c(C)cc1Nc1cccc2c1C1(OC(=O)c3ccccc31)c1ccccc1O2. The lowest BCUT2D eigenvalue weighted by Gasteiger charge is -2.38. The molecule has 0 aliphatic carbocycles. The maximum Gasteiger partial charge on any atom is 0.340 e. The van der Waals surface area contributed by atoms with E-state index >= 15 is 0 Å². The first kappa shape index (κ1) is 23.2. The standard InChI is InChI=1S/C32H30N2O3/c1-5-34(6-2)27-19-21(4)20(3)18-26(27)33-25-15-11-17-29-30(25)32(24-14-9-10-16-28(24)36-29)23-13-8-7-12-22(23)31(35)37-32/h7-19,33H,5-6H2,1-4H3. The summed E-state index contributed by atoms with van der Waals surface area (Å²) in [5, 5.41) is 3.73. The third-order valence-electron chi connectivity index (χ3n) is 7.62. The molecule has 0 fully saturated rings. The summed E-state index contributed by atoms with van der Waals surface area (Å²) in [5.74, 6) is 1.02. The van der Waals surface area contributed by atoms with Crippen molar-refractivity contribution in [3.05, 3.63) is 112 Å². The van der Waals surface area contributed by atoms with Crippen molar-refractivity contribution >= 4 is 23.0 Å². The van der Waals surface area contributed by atoms with Crippen LogP contribution in [0.25, 0.3) is 0 Å². The molecule has 4 aromatic rings. The molecule has 0 bridgehead atoms. The van der Waals surface area contributed by atoms with E-state index in [-0.39, 0.29) is 5.97 Å². The maximum absolute atomic E-state index is 13.2. The fourth-order valence-electron chi connectivity index (χ4n) is 5.66. The normalized spacial score (nSPS) is 16.9. The molecule has 0 amide bonds. The molecule has 186 valence electrons. The van der Waals surface area contributed by atoms with Gasteiger partial charge < -0.3 is 19.7 Å². The van der Waals surface area contributed by atoms with Gasteiger partial charge in [-0.25, -0.2) is 4.79 Å². The zero-order valence-electron chi connectivity index (χ0n) is 21.6. The Hall–Kier alpha value is -4.25. The molecule has 0 radical (unpaired) electrons. The molecule has 2 aliphatic rings. The van der Waals surface area contributed by atoms with Crippen molar-refractivity contribution in [3.63, 3.8) is 0 Å². The molecule has 4 aromatic carbocycles. The fourth-order valence-corrected chi connectivity index (χ4v) is 5.66. The number of nitrogens with one attached hydrogen (secondary N) is 1. The highest BCUT2D eigenvalue weighted by Gasteiger charge is 2.54. The summed E-state index contributed by atoms with van der Waals surface area (Å²) in [7, 11) is 0. The van der Waals surface area contributed by atoms with E-state index in [9.17, 15) is 4.79 Å². The predicted octanol–water partition coefficient (Wildman–Crippen LogP) is 7.46. The molecule has 1 N–H and O–H groups in total. The molecule has 1 atom stereocenters. The number of hydrogen-bond acceptors (Lipinski definition) is 5. The van der Waals surface area contributed by atoms with Crippen molar-refractivity contribution < 1.29 is 14.3 Å².